The third kappa shape index (κ3) is 6.28. The Morgan fingerprint density at radius 3 is 1.25 bits per heavy atom. The van der Waals surface area contributed by atoms with Crippen molar-refractivity contribution in [3.8, 4) is 35.1 Å². The Labute approximate surface area is 301 Å². The molecule has 52 heavy (non-hydrogen) atoms. The minimum absolute atomic E-state index is 0.353. The van der Waals surface area contributed by atoms with Gasteiger partial charge in [0, 0.05) is 22.5 Å². The predicted octanol–water partition coefficient (Wildman–Crippen LogP) is 8.68. The highest BCUT2D eigenvalue weighted by Gasteiger charge is 2.30. The second-order valence-corrected chi connectivity index (χ2v) is 11.7. The van der Waals surface area contributed by atoms with Gasteiger partial charge in [-0.3, -0.25) is 0 Å². The third-order valence-corrected chi connectivity index (χ3v) is 8.75. The van der Waals surface area contributed by atoms with Gasteiger partial charge in [0.1, 0.15) is 35.1 Å². The second kappa shape index (κ2) is 14.3. The van der Waals surface area contributed by atoms with E-state index in [-0.39, 0.29) is 0 Å². The van der Waals surface area contributed by atoms with E-state index in [0.717, 1.165) is 22.5 Å². The minimum Gasteiger partial charge on any atom is -0.497 e. The maximum Gasteiger partial charge on any atom is 0.119 e. The summed E-state index contributed by atoms with van der Waals surface area (Å²) >= 11 is 0. The molecule has 5 aromatic carbocycles. The van der Waals surface area contributed by atoms with Crippen molar-refractivity contribution in [2.24, 2.45) is 9.98 Å². The number of allylic oxidation sites excluding steroid dienone is 4. The van der Waals surface area contributed by atoms with Crippen molar-refractivity contribution in [1.82, 2.24) is 0 Å². The van der Waals surface area contributed by atoms with Crippen LogP contribution in [0.2, 0.25) is 0 Å². The van der Waals surface area contributed by atoms with E-state index in [9.17, 15) is 10.5 Å². The van der Waals surface area contributed by atoms with Crippen LogP contribution in [0.4, 0.5) is 22.7 Å². The monoisotopic (exact) mass is 684 g/mol. The van der Waals surface area contributed by atoms with Gasteiger partial charge in [-0.15, -0.1) is 0 Å². The van der Waals surface area contributed by atoms with Gasteiger partial charge in [-0.05, 0) is 102 Å². The fraction of sp³-hybridized carbons (Fsp3) is 0.0952. The Kier molecular flexibility index (Phi) is 9.12. The Morgan fingerprint density at radius 1 is 0.500 bits per heavy atom. The molecule has 0 saturated heterocycles. The van der Waals surface area contributed by atoms with Gasteiger partial charge in [-0.25, -0.2) is 9.98 Å². The summed E-state index contributed by atoms with van der Waals surface area (Å²) in [6.07, 6.45) is 0. The van der Waals surface area contributed by atoms with Gasteiger partial charge in [0.15, 0.2) is 0 Å². The number of nitriles is 2. The molecule has 2 aliphatic heterocycles. The third-order valence-electron chi connectivity index (χ3n) is 8.75. The lowest BCUT2D eigenvalue weighted by molar-refractivity contribution is 0.414. The van der Waals surface area contributed by atoms with Crippen molar-refractivity contribution in [2.75, 3.05) is 39.1 Å². The fourth-order valence-electron chi connectivity index (χ4n) is 6.09. The number of nitrogens with one attached hydrogen (secondary N) is 2. The molecule has 2 N–H and O–H groups in total. The lowest BCUT2D eigenvalue weighted by atomic mass is 9.95. The number of methoxy groups -OCH3 is 4. The van der Waals surface area contributed by atoms with Crippen LogP contribution in [0.15, 0.2) is 131 Å². The molecule has 0 fully saturated rings. The second-order valence-electron chi connectivity index (χ2n) is 11.7. The van der Waals surface area contributed by atoms with Gasteiger partial charge in [0.05, 0.1) is 73.8 Å². The summed E-state index contributed by atoms with van der Waals surface area (Å²) in [5, 5.41) is 28.3. The maximum atomic E-state index is 10.7. The number of hydrogen-bond acceptors (Lipinski definition) is 10. The number of benzene rings is 5. The molecule has 2 heterocycles. The van der Waals surface area contributed by atoms with Gasteiger partial charge in [-0.1, -0.05) is 18.2 Å². The average Bonchev–Trinajstić information content (AvgIpc) is 3.72. The van der Waals surface area contributed by atoms with Crippen LogP contribution in [0.3, 0.4) is 0 Å². The van der Waals surface area contributed by atoms with Gasteiger partial charge < -0.3 is 29.6 Å². The topological polar surface area (TPSA) is 133 Å². The summed E-state index contributed by atoms with van der Waals surface area (Å²) in [6, 6.07) is 38.2. The first-order valence-electron chi connectivity index (χ1n) is 16.2. The quantitative estimate of drug-likeness (QED) is 0.155. The zero-order valence-electron chi connectivity index (χ0n) is 28.8. The van der Waals surface area contributed by atoms with Gasteiger partial charge in [0.25, 0.3) is 0 Å². The first-order chi connectivity index (χ1) is 25.5. The lowest BCUT2D eigenvalue weighted by Crippen LogP contribution is -2.07. The molecule has 2 aliphatic rings. The summed E-state index contributed by atoms with van der Waals surface area (Å²) in [7, 11) is 6.44. The standard InChI is InChI=1S/C42H32N6O4/c1-49-29-12-8-27(9-13-29)45-39-33-21-31(51-3)16-18-37(33)47-41(39)35(23-43)25-6-5-7-26(20-25)36(24-44)42-40(46-28-10-14-30(50-2)15-11-28)34-22-32(52-4)17-19-38(34)48-42/h5-22,47-48H,1-4H3/b41-35-,42-36-,45-39?,46-40?. The minimum atomic E-state index is 0.353. The molecular formula is C42H32N6O4. The molecule has 0 saturated carbocycles. The van der Waals surface area contributed by atoms with Crippen molar-refractivity contribution in [2.45, 2.75) is 0 Å². The fourth-order valence-corrected chi connectivity index (χ4v) is 6.09. The van der Waals surface area contributed by atoms with E-state index in [1.54, 1.807) is 28.4 Å². The molecule has 0 aliphatic carbocycles. The van der Waals surface area contributed by atoms with E-state index >= 15 is 0 Å². The normalized spacial score (nSPS) is 16.1. The molecule has 0 unspecified atom stereocenters. The van der Waals surface area contributed by atoms with Crippen LogP contribution in [-0.4, -0.2) is 39.9 Å². The first-order valence-corrected chi connectivity index (χ1v) is 16.2. The van der Waals surface area contributed by atoms with Gasteiger partial charge in [-0.2, -0.15) is 10.5 Å². The zero-order valence-corrected chi connectivity index (χ0v) is 28.8. The molecule has 0 atom stereocenters. The van der Waals surface area contributed by atoms with Gasteiger partial charge >= 0.3 is 0 Å². The van der Waals surface area contributed by atoms with Crippen LogP contribution >= 0.6 is 0 Å². The SMILES string of the molecule is COc1ccc(N=C2/C(=C(\C#N)c3cccc(/C(C#N)=C4\Nc5ccc(OC)cc5C4=Nc4ccc(OC)cc4)c3)Nc3ccc(OC)cc32)cc1. The number of hydrogen-bond donors (Lipinski definition) is 2. The van der Waals surface area contributed by atoms with E-state index in [0.29, 0.717) is 79.5 Å². The summed E-state index contributed by atoms with van der Waals surface area (Å²) in [5.41, 5.74) is 8.64. The highest BCUT2D eigenvalue weighted by molar-refractivity contribution is 6.28. The van der Waals surface area contributed by atoms with Crippen molar-refractivity contribution >= 4 is 45.3 Å². The van der Waals surface area contributed by atoms with E-state index in [2.05, 4.69) is 22.8 Å². The maximum absolute atomic E-state index is 10.7. The zero-order chi connectivity index (χ0) is 36.2. The largest absolute Gasteiger partial charge is 0.497 e. The van der Waals surface area contributed by atoms with Crippen molar-refractivity contribution in [1.29, 1.82) is 10.5 Å². The predicted molar refractivity (Wildman–Crippen MR) is 203 cm³/mol. The van der Waals surface area contributed by atoms with Crippen LogP contribution in [-0.2, 0) is 0 Å². The molecule has 0 radical (unpaired) electrons. The molecule has 10 heteroatoms. The van der Waals surface area contributed by atoms with Crippen LogP contribution in [0, 0.1) is 22.7 Å². The molecule has 5 aromatic rings. The van der Waals surface area contributed by atoms with Crippen LogP contribution in [0.5, 0.6) is 23.0 Å². The Morgan fingerprint density at radius 2 is 0.885 bits per heavy atom. The first kappa shape index (κ1) is 33.2. The van der Waals surface area contributed by atoms with Crippen molar-refractivity contribution in [3.05, 3.63) is 143 Å². The number of ether oxygens (including phenoxy) is 4. The molecule has 7 rings (SSSR count). The Bertz CT molecular complexity index is 2250. The lowest BCUT2D eigenvalue weighted by Gasteiger charge is -2.11. The number of nitrogens with zero attached hydrogens (tertiary/aromatic N) is 4. The van der Waals surface area contributed by atoms with E-state index in [4.69, 9.17) is 28.9 Å². The number of aliphatic imine (C=N–C) groups is 2. The van der Waals surface area contributed by atoms with Crippen molar-refractivity contribution < 1.29 is 18.9 Å². The van der Waals surface area contributed by atoms with E-state index in [1.165, 1.54) is 0 Å². The summed E-state index contributed by atoms with van der Waals surface area (Å²) < 4.78 is 21.7. The molecule has 0 spiro atoms. The number of rotatable bonds is 8. The Hall–Kier alpha value is -7.30. The summed E-state index contributed by atoms with van der Waals surface area (Å²) in [5.74, 6) is 2.73. The smallest absolute Gasteiger partial charge is 0.119 e. The van der Waals surface area contributed by atoms with Crippen LogP contribution in [0.1, 0.15) is 22.3 Å². The van der Waals surface area contributed by atoms with E-state index in [1.807, 2.05) is 109 Å². The molecule has 10 nitrogen and oxygen atoms in total. The molecule has 0 aromatic heterocycles. The molecule has 254 valence electrons. The van der Waals surface area contributed by atoms with Gasteiger partial charge in [0.2, 0.25) is 0 Å². The van der Waals surface area contributed by atoms with Crippen LogP contribution < -0.4 is 29.6 Å². The average molecular weight is 685 g/mol. The summed E-state index contributed by atoms with van der Waals surface area (Å²) in [4.78, 5) is 9.98. The van der Waals surface area contributed by atoms with Crippen LogP contribution in [0.25, 0.3) is 11.1 Å². The Balaban J connectivity index is 1.37. The van der Waals surface area contributed by atoms with E-state index < -0.39 is 0 Å². The highest BCUT2D eigenvalue weighted by atomic mass is 16.5. The molecule has 0 bridgehead atoms. The highest BCUT2D eigenvalue weighted by Crippen LogP contribution is 2.39. The molecular weight excluding hydrogens is 653 g/mol. The summed E-state index contributed by atoms with van der Waals surface area (Å²) in [6.45, 7) is 0. The molecule has 0 amide bonds. The number of anilines is 2. The van der Waals surface area contributed by atoms with Crippen molar-refractivity contribution in [3.63, 3.8) is 0 Å². The number of fused-ring (bicyclic) bond motifs is 2.